The first-order chi connectivity index (χ1) is 15.8. The Morgan fingerprint density at radius 3 is 2.33 bits per heavy atom. The predicted octanol–water partition coefficient (Wildman–Crippen LogP) is 3.33. The molecule has 0 saturated carbocycles. The van der Waals surface area contributed by atoms with Crippen LogP contribution < -0.4 is 10.7 Å². The van der Waals surface area contributed by atoms with Crippen molar-refractivity contribution in [2.24, 2.45) is 5.10 Å². The van der Waals surface area contributed by atoms with Crippen LogP contribution in [0.25, 0.3) is 11.3 Å². The topological polar surface area (TPSA) is 208 Å². The van der Waals surface area contributed by atoms with Crippen molar-refractivity contribution in [2.75, 3.05) is 10.7 Å². The number of aromatic hydroxyl groups is 1. The van der Waals surface area contributed by atoms with Gasteiger partial charge in [-0.05, 0) is 57.2 Å². The van der Waals surface area contributed by atoms with Crippen molar-refractivity contribution in [3.8, 4) is 5.75 Å². The molecule has 2 aromatic heterocycles. The average Bonchev–Trinajstić information content (AvgIpc) is 3.23. The van der Waals surface area contributed by atoms with Crippen LogP contribution in [-0.4, -0.2) is 41.4 Å². The summed E-state index contributed by atoms with van der Waals surface area (Å²) in [5.74, 6) is -0.506. The molecule has 15 nitrogen and oxygen atoms in total. The van der Waals surface area contributed by atoms with Gasteiger partial charge in [0, 0.05) is 15.3 Å². The van der Waals surface area contributed by atoms with E-state index >= 15 is 0 Å². The fourth-order valence-corrected chi connectivity index (χ4v) is 2.96. The van der Waals surface area contributed by atoms with Crippen LogP contribution in [0.15, 0.2) is 46.1 Å². The van der Waals surface area contributed by atoms with Crippen molar-refractivity contribution < 1.29 is 19.6 Å². The molecule has 0 spiro atoms. The molecule has 0 fully saturated rings. The lowest BCUT2D eigenvalue weighted by molar-refractivity contribution is -0.394. The number of benzene rings is 2. The van der Waals surface area contributed by atoms with Gasteiger partial charge < -0.3 is 10.4 Å². The van der Waals surface area contributed by atoms with Gasteiger partial charge in [-0.1, -0.05) is 0 Å². The maximum absolute atomic E-state index is 11.1. The molecule has 0 aliphatic rings. The van der Waals surface area contributed by atoms with Gasteiger partial charge >= 0.3 is 5.69 Å². The highest BCUT2D eigenvalue weighted by molar-refractivity contribution is 14.1. The molecule has 2 heterocycles. The number of anilines is 3. The molecular formula is C17H10IN9O6. The zero-order valence-electron chi connectivity index (χ0n) is 16.0. The molecule has 4 aromatic rings. The minimum Gasteiger partial charge on any atom is -0.502 e. The second kappa shape index (κ2) is 8.94. The fraction of sp³-hybridized carbons (Fsp3) is 0. The van der Waals surface area contributed by atoms with Gasteiger partial charge in [0.25, 0.3) is 5.69 Å². The SMILES string of the molecule is O=[N+]([O-])c1cc(/C=N\Nc2nc3nonc3nc2Nc2ccc(I)cc2)c(O)c([N+](=O)[O-])c1. The third-order valence-electron chi connectivity index (χ3n) is 4.11. The van der Waals surface area contributed by atoms with E-state index in [1.165, 1.54) is 0 Å². The summed E-state index contributed by atoms with van der Waals surface area (Å²) in [6.07, 6.45) is 0.969. The average molecular weight is 563 g/mol. The highest BCUT2D eigenvalue weighted by Crippen LogP contribution is 2.33. The number of hydrazone groups is 1. The number of phenolic OH excluding ortho intramolecular Hbond substituents is 1. The Labute approximate surface area is 195 Å². The Hall–Kier alpha value is -4.48. The molecule has 3 N–H and O–H groups in total. The summed E-state index contributed by atoms with van der Waals surface area (Å²) in [5.41, 5.74) is 1.78. The number of rotatable bonds is 7. The molecule has 166 valence electrons. The second-order valence-electron chi connectivity index (χ2n) is 6.25. The third-order valence-corrected chi connectivity index (χ3v) is 4.83. The number of nitro benzene ring substituents is 2. The van der Waals surface area contributed by atoms with Crippen LogP contribution in [0.1, 0.15) is 5.56 Å². The molecule has 0 radical (unpaired) electrons. The van der Waals surface area contributed by atoms with Gasteiger partial charge in [-0.25, -0.2) is 9.61 Å². The second-order valence-corrected chi connectivity index (χ2v) is 7.50. The first kappa shape index (κ1) is 21.7. The summed E-state index contributed by atoms with van der Waals surface area (Å²) >= 11 is 2.16. The number of phenols is 1. The van der Waals surface area contributed by atoms with Crippen molar-refractivity contribution >= 4 is 68.8 Å². The molecule has 0 amide bonds. The lowest BCUT2D eigenvalue weighted by Crippen LogP contribution is -2.03. The summed E-state index contributed by atoms with van der Waals surface area (Å²) in [5, 5.41) is 46.4. The highest BCUT2D eigenvalue weighted by atomic mass is 127. The summed E-state index contributed by atoms with van der Waals surface area (Å²) < 4.78 is 5.64. The number of fused-ring (bicyclic) bond motifs is 1. The van der Waals surface area contributed by atoms with Crippen LogP contribution in [0, 0.1) is 23.8 Å². The first-order valence-electron chi connectivity index (χ1n) is 8.79. The molecule has 0 atom stereocenters. The van der Waals surface area contributed by atoms with Gasteiger partial charge in [0.1, 0.15) is 0 Å². The maximum Gasteiger partial charge on any atom is 0.318 e. The molecule has 0 aliphatic heterocycles. The van der Waals surface area contributed by atoms with Gasteiger partial charge in [0.05, 0.1) is 27.7 Å². The van der Waals surface area contributed by atoms with Gasteiger partial charge in [0.2, 0.25) is 17.0 Å². The summed E-state index contributed by atoms with van der Waals surface area (Å²) in [7, 11) is 0. The Morgan fingerprint density at radius 2 is 1.70 bits per heavy atom. The third kappa shape index (κ3) is 4.74. The Bertz CT molecular complexity index is 1410. The van der Waals surface area contributed by atoms with Gasteiger partial charge in [-0.15, -0.1) is 0 Å². The van der Waals surface area contributed by atoms with Crippen molar-refractivity contribution in [3.05, 3.63) is 65.8 Å². The molecule has 16 heteroatoms. The number of hydrogen-bond acceptors (Lipinski definition) is 13. The molecule has 0 bridgehead atoms. The number of aromatic nitrogens is 4. The highest BCUT2D eigenvalue weighted by Gasteiger charge is 2.23. The maximum atomic E-state index is 11.1. The van der Waals surface area contributed by atoms with E-state index in [0.717, 1.165) is 15.9 Å². The first-order valence-corrected chi connectivity index (χ1v) is 9.87. The quantitative estimate of drug-likeness (QED) is 0.128. The number of halogens is 1. The van der Waals surface area contributed by atoms with Crippen LogP contribution >= 0.6 is 22.6 Å². The lowest BCUT2D eigenvalue weighted by atomic mass is 10.1. The Morgan fingerprint density at radius 1 is 1.03 bits per heavy atom. The van der Waals surface area contributed by atoms with Gasteiger partial charge in [0.15, 0.2) is 11.6 Å². The van der Waals surface area contributed by atoms with E-state index < -0.39 is 27.0 Å². The van der Waals surface area contributed by atoms with Crippen LogP contribution in [0.4, 0.5) is 28.7 Å². The minimum atomic E-state index is -0.937. The van der Waals surface area contributed by atoms with Gasteiger partial charge in [-0.2, -0.15) is 10.1 Å². The van der Waals surface area contributed by atoms with Crippen LogP contribution in [-0.2, 0) is 0 Å². The van der Waals surface area contributed by atoms with Crippen LogP contribution in [0.5, 0.6) is 5.75 Å². The zero-order chi connectivity index (χ0) is 23.5. The van der Waals surface area contributed by atoms with Crippen molar-refractivity contribution in [2.45, 2.75) is 0 Å². The largest absolute Gasteiger partial charge is 0.502 e. The minimum absolute atomic E-state index is 0.0763. The Kier molecular flexibility index (Phi) is 5.89. The molecule has 2 aromatic carbocycles. The lowest BCUT2D eigenvalue weighted by Gasteiger charge is -2.09. The number of nitrogens with one attached hydrogen (secondary N) is 2. The number of nitrogens with zero attached hydrogens (tertiary/aromatic N) is 7. The molecular weight excluding hydrogens is 553 g/mol. The molecule has 0 unspecified atom stereocenters. The smallest absolute Gasteiger partial charge is 0.318 e. The van der Waals surface area contributed by atoms with Crippen LogP contribution in [0.3, 0.4) is 0 Å². The normalized spacial score (nSPS) is 11.1. The monoisotopic (exact) mass is 563 g/mol. The molecule has 0 saturated heterocycles. The zero-order valence-corrected chi connectivity index (χ0v) is 18.2. The number of nitro groups is 2. The number of non-ortho nitro benzene ring substituents is 1. The van der Waals surface area contributed by atoms with Crippen molar-refractivity contribution in [1.82, 2.24) is 20.3 Å². The van der Waals surface area contributed by atoms with Crippen molar-refractivity contribution in [1.29, 1.82) is 0 Å². The van der Waals surface area contributed by atoms with E-state index in [1.54, 1.807) is 0 Å². The number of hydrogen-bond donors (Lipinski definition) is 3. The van der Waals surface area contributed by atoms with Gasteiger partial charge in [-0.3, -0.25) is 25.7 Å². The molecule has 33 heavy (non-hydrogen) atoms. The summed E-state index contributed by atoms with van der Waals surface area (Å²) in [6, 6.07) is 8.95. The van der Waals surface area contributed by atoms with E-state index in [2.05, 4.69) is 63.3 Å². The molecule has 4 rings (SSSR count). The van der Waals surface area contributed by atoms with Crippen LogP contribution in [0.2, 0.25) is 0 Å². The van der Waals surface area contributed by atoms with E-state index in [0.29, 0.717) is 11.8 Å². The standard InChI is InChI=1S/C17H10IN9O6/c18-9-1-3-10(4-2-9)20-14-15(22-17-16(21-14)24-33-25-17)23-19-7-8-5-11(26(29)30)6-12(13(8)28)27(31)32/h1-7,28H,(H,20,21,24)(H,22,23,25)/b19-7-. The van der Waals surface area contributed by atoms with E-state index in [-0.39, 0.29) is 28.5 Å². The Balaban J connectivity index is 1.67. The van der Waals surface area contributed by atoms with E-state index in [1.807, 2.05) is 24.3 Å². The summed E-state index contributed by atoms with van der Waals surface area (Å²) in [4.78, 5) is 28.9. The predicted molar refractivity (Wildman–Crippen MR) is 122 cm³/mol. The van der Waals surface area contributed by atoms with E-state index in [9.17, 15) is 25.3 Å². The molecule has 0 aliphatic carbocycles. The van der Waals surface area contributed by atoms with Crippen molar-refractivity contribution in [3.63, 3.8) is 0 Å². The summed E-state index contributed by atoms with van der Waals surface area (Å²) in [6.45, 7) is 0. The van der Waals surface area contributed by atoms with E-state index in [4.69, 9.17) is 0 Å². The fourth-order valence-electron chi connectivity index (χ4n) is 2.60.